The Kier molecular flexibility index (Phi) is 11.8. The molecule has 166 valence electrons. The average Bonchev–Trinajstić information content (AvgIpc) is 2.62. The molecule has 0 atom stereocenters. The van der Waals surface area contributed by atoms with Crippen molar-refractivity contribution in [2.24, 2.45) is 5.41 Å². The van der Waals surface area contributed by atoms with Gasteiger partial charge in [0.25, 0.3) is 0 Å². The van der Waals surface area contributed by atoms with E-state index in [1.807, 2.05) is 13.8 Å². The minimum absolute atomic E-state index is 0.0365. The molecule has 0 aliphatic rings. The van der Waals surface area contributed by atoms with E-state index in [9.17, 15) is 24.0 Å². The lowest BCUT2D eigenvalue weighted by molar-refractivity contribution is -0.131. The standard InChI is InChI=1S/C19H34N4O6/c1-6-20-15(26)10-22-17(28)12-23-16(27)11-21-14(25)9-19(4,5)29-8-7-18(2,3)13-24/h13H,6-12H2,1-5H3,(H,20,26)(H,21,25)(H,22,28)(H,23,27). The molecule has 0 aromatic rings. The van der Waals surface area contributed by atoms with Crippen LogP contribution in [-0.2, 0) is 28.7 Å². The lowest BCUT2D eigenvalue weighted by Gasteiger charge is -2.26. The summed E-state index contributed by atoms with van der Waals surface area (Å²) in [6.07, 6.45) is 1.44. The van der Waals surface area contributed by atoms with Crippen molar-refractivity contribution in [2.45, 2.75) is 53.1 Å². The molecular weight excluding hydrogens is 380 g/mol. The quantitative estimate of drug-likeness (QED) is 0.276. The first-order valence-electron chi connectivity index (χ1n) is 9.58. The van der Waals surface area contributed by atoms with Gasteiger partial charge in [0.05, 0.1) is 31.7 Å². The monoisotopic (exact) mass is 414 g/mol. The zero-order valence-corrected chi connectivity index (χ0v) is 18.0. The first-order valence-corrected chi connectivity index (χ1v) is 9.58. The van der Waals surface area contributed by atoms with Gasteiger partial charge in [-0.15, -0.1) is 0 Å². The predicted molar refractivity (Wildman–Crippen MR) is 107 cm³/mol. The maximum Gasteiger partial charge on any atom is 0.239 e. The zero-order chi connectivity index (χ0) is 22.5. The van der Waals surface area contributed by atoms with Crippen molar-refractivity contribution < 1.29 is 28.7 Å². The molecule has 10 nitrogen and oxygen atoms in total. The van der Waals surface area contributed by atoms with Crippen molar-refractivity contribution >= 4 is 29.9 Å². The molecule has 0 heterocycles. The number of nitrogens with one attached hydrogen (secondary N) is 4. The summed E-state index contributed by atoms with van der Waals surface area (Å²) in [4.78, 5) is 57.4. The number of carbonyl (C=O) groups excluding carboxylic acids is 5. The lowest BCUT2D eigenvalue weighted by Crippen LogP contribution is -2.45. The van der Waals surface area contributed by atoms with E-state index in [1.165, 1.54) is 0 Å². The van der Waals surface area contributed by atoms with Crippen LogP contribution in [0.4, 0.5) is 0 Å². The van der Waals surface area contributed by atoms with Crippen molar-refractivity contribution in [3.05, 3.63) is 0 Å². The van der Waals surface area contributed by atoms with E-state index >= 15 is 0 Å². The van der Waals surface area contributed by atoms with E-state index in [4.69, 9.17) is 4.74 Å². The molecule has 0 saturated carbocycles. The normalized spacial score (nSPS) is 11.3. The zero-order valence-electron chi connectivity index (χ0n) is 18.0. The van der Waals surface area contributed by atoms with Gasteiger partial charge >= 0.3 is 0 Å². The fraction of sp³-hybridized carbons (Fsp3) is 0.737. The number of likely N-dealkylation sites (N-methyl/N-ethyl adjacent to an activating group) is 1. The van der Waals surface area contributed by atoms with Crippen molar-refractivity contribution in [1.29, 1.82) is 0 Å². The second-order valence-corrected chi connectivity index (χ2v) is 7.93. The minimum atomic E-state index is -0.752. The highest BCUT2D eigenvalue weighted by atomic mass is 16.5. The van der Waals surface area contributed by atoms with Crippen LogP contribution < -0.4 is 21.3 Å². The fourth-order valence-electron chi connectivity index (χ4n) is 2.07. The molecule has 0 aliphatic heterocycles. The van der Waals surface area contributed by atoms with Crippen LogP contribution in [0.1, 0.15) is 47.5 Å². The highest BCUT2D eigenvalue weighted by Crippen LogP contribution is 2.20. The molecule has 0 saturated heterocycles. The SMILES string of the molecule is CCNC(=O)CNC(=O)CNC(=O)CNC(=O)CC(C)(C)OCCC(C)(C)C=O. The molecule has 0 rings (SSSR count). The van der Waals surface area contributed by atoms with Crippen molar-refractivity contribution in [1.82, 2.24) is 21.3 Å². The molecule has 4 amide bonds. The van der Waals surface area contributed by atoms with Gasteiger partial charge < -0.3 is 30.8 Å². The van der Waals surface area contributed by atoms with Gasteiger partial charge in [0.15, 0.2) is 0 Å². The van der Waals surface area contributed by atoms with Gasteiger partial charge in [-0.3, -0.25) is 19.2 Å². The van der Waals surface area contributed by atoms with Crippen molar-refractivity contribution in [3.63, 3.8) is 0 Å². The Morgan fingerprint density at radius 1 is 0.793 bits per heavy atom. The topological polar surface area (TPSA) is 143 Å². The first kappa shape index (κ1) is 26.5. The Hall–Kier alpha value is -2.49. The Morgan fingerprint density at radius 3 is 1.69 bits per heavy atom. The summed E-state index contributed by atoms with van der Waals surface area (Å²) in [5.74, 6) is -1.74. The Morgan fingerprint density at radius 2 is 1.24 bits per heavy atom. The molecule has 0 fully saturated rings. The number of ether oxygens (including phenoxy) is 1. The number of rotatable bonds is 14. The van der Waals surface area contributed by atoms with Crippen LogP contribution >= 0.6 is 0 Å². The second-order valence-electron chi connectivity index (χ2n) is 7.93. The van der Waals surface area contributed by atoms with E-state index in [-0.39, 0.29) is 37.9 Å². The van der Waals surface area contributed by atoms with E-state index < -0.39 is 22.8 Å². The molecule has 0 bridgehead atoms. The first-order chi connectivity index (χ1) is 13.4. The lowest BCUT2D eigenvalue weighted by atomic mass is 9.92. The average molecular weight is 415 g/mol. The van der Waals surface area contributed by atoms with Gasteiger partial charge in [-0.1, -0.05) is 13.8 Å². The summed E-state index contributed by atoms with van der Waals surface area (Å²) in [6.45, 7) is 8.92. The third-order valence-corrected chi connectivity index (χ3v) is 3.86. The maximum absolute atomic E-state index is 12.0. The summed E-state index contributed by atoms with van der Waals surface area (Å²) in [5, 5.41) is 9.70. The molecular formula is C19H34N4O6. The minimum Gasteiger partial charge on any atom is -0.375 e. The maximum atomic E-state index is 12.0. The Balaban J connectivity index is 4.07. The molecule has 0 aliphatic carbocycles. The van der Waals surface area contributed by atoms with Crippen LogP contribution in [-0.4, -0.2) is 68.3 Å². The van der Waals surface area contributed by atoms with Crippen LogP contribution in [0.3, 0.4) is 0 Å². The van der Waals surface area contributed by atoms with Gasteiger partial charge in [0, 0.05) is 18.6 Å². The number of amides is 4. The molecule has 0 unspecified atom stereocenters. The number of hydrogen-bond donors (Lipinski definition) is 4. The fourth-order valence-corrected chi connectivity index (χ4v) is 2.07. The Bertz CT molecular complexity index is 589. The predicted octanol–water partition coefficient (Wildman–Crippen LogP) is -0.728. The molecule has 4 N–H and O–H groups in total. The summed E-state index contributed by atoms with van der Waals surface area (Å²) < 4.78 is 5.68. The molecule has 29 heavy (non-hydrogen) atoms. The van der Waals surface area contributed by atoms with Gasteiger partial charge in [0.1, 0.15) is 6.29 Å². The smallest absolute Gasteiger partial charge is 0.239 e. The number of carbonyl (C=O) groups is 5. The summed E-state index contributed by atoms with van der Waals surface area (Å²) in [5.41, 5.74) is -1.24. The highest BCUT2D eigenvalue weighted by molar-refractivity contribution is 5.90. The van der Waals surface area contributed by atoms with E-state index in [0.717, 1.165) is 6.29 Å². The molecule has 0 aromatic heterocycles. The van der Waals surface area contributed by atoms with Crippen LogP contribution in [0, 0.1) is 5.41 Å². The molecule has 10 heteroatoms. The third-order valence-electron chi connectivity index (χ3n) is 3.86. The van der Waals surface area contributed by atoms with Crippen LogP contribution in [0.15, 0.2) is 0 Å². The van der Waals surface area contributed by atoms with Crippen LogP contribution in [0.5, 0.6) is 0 Å². The molecule has 0 radical (unpaired) electrons. The summed E-state index contributed by atoms with van der Waals surface area (Å²) in [7, 11) is 0. The van der Waals surface area contributed by atoms with E-state index in [2.05, 4.69) is 21.3 Å². The third kappa shape index (κ3) is 14.2. The van der Waals surface area contributed by atoms with Crippen molar-refractivity contribution in [2.75, 3.05) is 32.8 Å². The van der Waals surface area contributed by atoms with Gasteiger partial charge in [-0.2, -0.15) is 0 Å². The number of hydrogen-bond acceptors (Lipinski definition) is 6. The van der Waals surface area contributed by atoms with Gasteiger partial charge in [0.2, 0.25) is 23.6 Å². The van der Waals surface area contributed by atoms with Crippen LogP contribution in [0.25, 0.3) is 0 Å². The number of aldehydes is 1. The molecule has 0 spiro atoms. The van der Waals surface area contributed by atoms with E-state index in [1.54, 1.807) is 20.8 Å². The highest BCUT2D eigenvalue weighted by Gasteiger charge is 2.25. The van der Waals surface area contributed by atoms with E-state index in [0.29, 0.717) is 19.6 Å². The largest absolute Gasteiger partial charge is 0.375 e. The Labute approximate surface area is 171 Å². The molecule has 0 aromatic carbocycles. The van der Waals surface area contributed by atoms with Crippen LogP contribution in [0.2, 0.25) is 0 Å². The van der Waals surface area contributed by atoms with Gasteiger partial charge in [-0.25, -0.2) is 0 Å². The second kappa shape index (κ2) is 12.9. The summed E-state index contributed by atoms with van der Waals surface area (Å²) >= 11 is 0. The summed E-state index contributed by atoms with van der Waals surface area (Å²) in [6, 6.07) is 0. The van der Waals surface area contributed by atoms with Crippen molar-refractivity contribution in [3.8, 4) is 0 Å². The van der Waals surface area contributed by atoms with Gasteiger partial charge in [-0.05, 0) is 27.2 Å².